The number of amides is 1. The second-order valence-corrected chi connectivity index (χ2v) is 7.54. The Bertz CT molecular complexity index is 635. The van der Waals surface area contributed by atoms with Gasteiger partial charge >= 0.3 is 0 Å². The van der Waals surface area contributed by atoms with Crippen LogP contribution in [-0.4, -0.2) is 43.9 Å². The number of rotatable bonds is 2. The van der Waals surface area contributed by atoms with Crippen LogP contribution in [0.2, 0.25) is 0 Å². The Morgan fingerprint density at radius 3 is 2.64 bits per heavy atom. The first-order chi connectivity index (χ1) is 10.5. The second kappa shape index (κ2) is 5.79. The molecule has 0 saturated carbocycles. The van der Waals surface area contributed by atoms with Crippen LogP contribution in [0.4, 0.5) is 0 Å². The Morgan fingerprint density at radius 1 is 1.32 bits per heavy atom. The molecule has 0 radical (unpaired) electrons. The van der Waals surface area contributed by atoms with E-state index in [1.807, 2.05) is 15.8 Å². The maximum Gasteiger partial charge on any atom is 0.265 e. The van der Waals surface area contributed by atoms with Gasteiger partial charge in [-0.15, -0.1) is 16.4 Å². The van der Waals surface area contributed by atoms with Gasteiger partial charge in [0.05, 0.1) is 23.4 Å². The van der Waals surface area contributed by atoms with Crippen molar-refractivity contribution in [2.24, 2.45) is 0 Å². The molecule has 3 rings (SSSR count). The van der Waals surface area contributed by atoms with Crippen molar-refractivity contribution < 1.29 is 4.79 Å². The number of aromatic nitrogens is 4. The number of hydrogen-bond donors (Lipinski definition) is 0. The van der Waals surface area contributed by atoms with Gasteiger partial charge in [0.2, 0.25) is 0 Å². The van der Waals surface area contributed by atoms with E-state index in [4.69, 9.17) is 0 Å². The molecule has 0 spiro atoms. The van der Waals surface area contributed by atoms with Crippen LogP contribution in [0.3, 0.4) is 0 Å². The third kappa shape index (κ3) is 2.90. The fraction of sp³-hybridized carbons (Fsp3) is 0.600. The van der Waals surface area contributed by atoms with E-state index < -0.39 is 0 Å². The summed E-state index contributed by atoms with van der Waals surface area (Å²) in [5, 5.41) is 7.92. The molecule has 3 heterocycles. The number of thiazole rings is 1. The number of carbonyl (C=O) groups is 1. The first-order valence-corrected chi connectivity index (χ1v) is 8.44. The molecule has 2 aromatic heterocycles. The number of nitrogens with zero attached hydrogens (tertiary/aromatic N) is 5. The van der Waals surface area contributed by atoms with Gasteiger partial charge in [-0.2, -0.15) is 0 Å². The Morgan fingerprint density at radius 2 is 2.05 bits per heavy atom. The first-order valence-electron chi connectivity index (χ1n) is 7.56. The number of carbonyl (C=O) groups excluding carboxylic acids is 1. The SMILES string of the molecule is CC(C)(C)c1ncsc1C(=O)N1CCC(n2ccnn2)CC1. The summed E-state index contributed by atoms with van der Waals surface area (Å²) >= 11 is 1.45. The highest BCUT2D eigenvalue weighted by molar-refractivity contribution is 7.11. The van der Waals surface area contributed by atoms with Crippen LogP contribution in [0.1, 0.15) is 55.0 Å². The zero-order valence-electron chi connectivity index (χ0n) is 13.2. The zero-order chi connectivity index (χ0) is 15.7. The Kier molecular flexibility index (Phi) is 3.99. The average Bonchev–Trinajstić information content (AvgIpc) is 3.17. The summed E-state index contributed by atoms with van der Waals surface area (Å²) in [6.07, 6.45) is 5.42. The summed E-state index contributed by atoms with van der Waals surface area (Å²) < 4.78 is 1.90. The molecular weight excluding hydrogens is 298 g/mol. The minimum absolute atomic E-state index is 0.107. The van der Waals surface area contributed by atoms with E-state index in [9.17, 15) is 4.79 Å². The van der Waals surface area contributed by atoms with Crippen LogP contribution in [0.15, 0.2) is 17.9 Å². The van der Waals surface area contributed by atoms with Gasteiger partial charge in [0.15, 0.2) is 0 Å². The molecule has 1 aliphatic rings. The minimum atomic E-state index is -0.107. The number of likely N-dealkylation sites (tertiary alicyclic amines) is 1. The largest absolute Gasteiger partial charge is 0.338 e. The van der Waals surface area contributed by atoms with E-state index in [0.717, 1.165) is 36.5 Å². The number of hydrogen-bond acceptors (Lipinski definition) is 5. The molecular formula is C15H21N5OS. The Labute approximate surface area is 134 Å². The van der Waals surface area contributed by atoms with Gasteiger partial charge in [-0.25, -0.2) is 9.67 Å². The smallest absolute Gasteiger partial charge is 0.265 e. The second-order valence-electron chi connectivity index (χ2n) is 6.69. The van der Waals surface area contributed by atoms with Crippen molar-refractivity contribution in [3.05, 3.63) is 28.5 Å². The molecule has 1 fully saturated rings. The van der Waals surface area contributed by atoms with E-state index in [2.05, 4.69) is 36.1 Å². The van der Waals surface area contributed by atoms with Gasteiger partial charge in [0, 0.05) is 24.7 Å². The van der Waals surface area contributed by atoms with Crippen molar-refractivity contribution in [2.45, 2.75) is 45.1 Å². The molecule has 22 heavy (non-hydrogen) atoms. The quantitative estimate of drug-likeness (QED) is 0.853. The fourth-order valence-corrected chi connectivity index (χ4v) is 3.79. The van der Waals surface area contributed by atoms with Crippen molar-refractivity contribution in [2.75, 3.05) is 13.1 Å². The lowest BCUT2D eigenvalue weighted by molar-refractivity contribution is 0.0691. The van der Waals surface area contributed by atoms with Gasteiger partial charge in [-0.1, -0.05) is 26.0 Å². The molecule has 2 aromatic rings. The van der Waals surface area contributed by atoms with Crippen molar-refractivity contribution in [3.63, 3.8) is 0 Å². The van der Waals surface area contributed by atoms with E-state index in [1.165, 1.54) is 11.3 Å². The molecule has 0 bridgehead atoms. The van der Waals surface area contributed by atoms with Gasteiger partial charge in [0.1, 0.15) is 4.88 Å². The predicted molar refractivity (Wildman–Crippen MR) is 85.0 cm³/mol. The molecule has 0 aromatic carbocycles. The lowest BCUT2D eigenvalue weighted by Gasteiger charge is -2.32. The molecule has 6 nitrogen and oxygen atoms in total. The first kappa shape index (κ1) is 15.1. The van der Waals surface area contributed by atoms with Crippen molar-refractivity contribution >= 4 is 17.2 Å². The van der Waals surface area contributed by atoms with Crippen LogP contribution in [0.5, 0.6) is 0 Å². The van der Waals surface area contributed by atoms with E-state index >= 15 is 0 Å². The van der Waals surface area contributed by atoms with Crippen LogP contribution < -0.4 is 0 Å². The predicted octanol–water partition coefficient (Wildman–Crippen LogP) is 2.51. The monoisotopic (exact) mass is 319 g/mol. The highest BCUT2D eigenvalue weighted by Crippen LogP contribution is 2.30. The molecule has 1 amide bonds. The fourth-order valence-electron chi connectivity index (χ4n) is 2.82. The third-order valence-electron chi connectivity index (χ3n) is 4.04. The third-order valence-corrected chi connectivity index (χ3v) is 4.85. The molecule has 0 aliphatic carbocycles. The normalized spacial score (nSPS) is 17.0. The van der Waals surface area contributed by atoms with Crippen molar-refractivity contribution in [3.8, 4) is 0 Å². The van der Waals surface area contributed by atoms with E-state index in [0.29, 0.717) is 6.04 Å². The lowest BCUT2D eigenvalue weighted by atomic mass is 9.91. The highest BCUT2D eigenvalue weighted by atomic mass is 32.1. The summed E-state index contributed by atoms with van der Waals surface area (Å²) in [7, 11) is 0. The molecule has 0 atom stereocenters. The molecule has 1 saturated heterocycles. The van der Waals surface area contributed by atoms with Gasteiger partial charge in [-0.3, -0.25) is 4.79 Å². The molecule has 1 aliphatic heterocycles. The molecule has 0 unspecified atom stereocenters. The maximum absolute atomic E-state index is 12.8. The maximum atomic E-state index is 12.8. The van der Waals surface area contributed by atoms with Gasteiger partial charge in [0.25, 0.3) is 5.91 Å². The Balaban J connectivity index is 1.69. The van der Waals surface area contributed by atoms with Crippen LogP contribution in [0, 0.1) is 0 Å². The van der Waals surface area contributed by atoms with Crippen LogP contribution in [0.25, 0.3) is 0 Å². The topological polar surface area (TPSA) is 63.9 Å². The molecule has 7 heteroatoms. The van der Waals surface area contributed by atoms with Crippen LogP contribution >= 0.6 is 11.3 Å². The zero-order valence-corrected chi connectivity index (χ0v) is 14.0. The van der Waals surface area contributed by atoms with Crippen molar-refractivity contribution in [1.82, 2.24) is 24.9 Å². The van der Waals surface area contributed by atoms with E-state index in [-0.39, 0.29) is 11.3 Å². The standard InChI is InChI=1S/C15H21N5OS/c1-15(2,3)13-12(22-10-16-13)14(21)19-7-4-11(5-8-19)20-9-6-17-18-20/h6,9-11H,4-5,7-8H2,1-3H3. The average molecular weight is 319 g/mol. The highest BCUT2D eigenvalue weighted by Gasteiger charge is 2.30. The van der Waals surface area contributed by atoms with Crippen molar-refractivity contribution in [1.29, 1.82) is 0 Å². The molecule has 118 valence electrons. The lowest BCUT2D eigenvalue weighted by Crippen LogP contribution is -2.39. The summed E-state index contributed by atoms with van der Waals surface area (Å²) in [6, 6.07) is 0.343. The van der Waals surface area contributed by atoms with Crippen LogP contribution in [-0.2, 0) is 5.41 Å². The van der Waals surface area contributed by atoms with Gasteiger partial charge < -0.3 is 4.90 Å². The summed E-state index contributed by atoms with van der Waals surface area (Å²) in [6.45, 7) is 7.79. The van der Waals surface area contributed by atoms with Gasteiger partial charge in [-0.05, 0) is 12.8 Å². The molecule has 0 N–H and O–H groups in total. The summed E-state index contributed by atoms with van der Waals surface area (Å²) in [5.41, 5.74) is 2.57. The van der Waals surface area contributed by atoms with E-state index in [1.54, 1.807) is 11.7 Å². The summed E-state index contributed by atoms with van der Waals surface area (Å²) in [4.78, 5) is 19.9. The minimum Gasteiger partial charge on any atom is -0.338 e. The Hall–Kier alpha value is -1.76. The number of piperidine rings is 1. The summed E-state index contributed by atoms with van der Waals surface area (Å²) in [5.74, 6) is 0.115.